The summed E-state index contributed by atoms with van der Waals surface area (Å²) in [6.45, 7) is 0.997. The van der Waals surface area contributed by atoms with Crippen LogP contribution in [0.15, 0.2) is 18.2 Å². The number of nitro groups is 1. The van der Waals surface area contributed by atoms with Crippen LogP contribution in [0.1, 0.15) is 18.5 Å². The topological polar surface area (TPSA) is 95.5 Å². The standard InChI is InChI=1S/C11H11F3N2O4/c1-2-20-10(17)11(13,14)9(15)7-5-6(12)3-4-8(7)16(18)19/h3-5,9H,2,15H2,1H3/t9-/m0/s1. The Bertz CT molecular complexity index is 536. The van der Waals surface area contributed by atoms with E-state index in [0.717, 1.165) is 6.07 Å². The van der Waals surface area contributed by atoms with Crippen LogP contribution in [0.2, 0.25) is 0 Å². The largest absolute Gasteiger partial charge is 0.462 e. The van der Waals surface area contributed by atoms with Crippen molar-refractivity contribution in [3.63, 3.8) is 0 Å². The highest BCUT2D eigenvalue weighted by Gasteiger charge is 2.49. The zero-order chi connectivity index (χ0) is 15.5. The minimum atomic E-state index is -4.21. The Labute approximate surface area is 111 Å². The first-order valence-corrected chi connectivity index (χ1v) is 5.46. The van der Waals surface area contributed by atoms with Gasteiger partial charge in [0.2, 0.25) is 0 Å². The first-order valence-electron chi connectivity index (χ1n) is 5.46. The minimum absolute atomic E-state index is 0.313. The van der Waals surface area contributed by atoms with Crippen molar-refractivity contribution < 1.29 is 27.6 Å². The van der Waals surface area contributed by atoms with Gasteiger partial charge in [0.05, 0.1) is 17.1 Å². The van der Waals surface area contributed by atoms with Crippen molar-refractivity contribution in [2.24, 2.45) is 5.73 Å². The van der Waals surface area contributed by atoms with Gasteiger partial charge in [-0.3, -0.25) is 10.1 Å². The predicted molar refractivity (Wildman–Crippen MR) is 61.6 cm³/mol. The van der Waals surface area contributed by atoms with E-state index in [9.17, 15) is 28.1 Å². The predicted octanol–water partition coefficient (Wildman–Crippen LogP) is 1.93. The average molecular weight is 292 g/mol. The zero-order valence-corrected chi connectivity index (χ0v) is 10.3. The molecule has 0 spiro atoms. The normalized spacial score (nSPS) is 12.8. The molecule has 110 valence electrons. The van der Waals surface area contributed by atoms with Crippen molar-refractivity contribution in [1.82, 2.24) is 0 Å². The van der Waals surface area contributed by atoms with E-state index in [2.05, 4.69) is 4.74 Å². The van der Waals surface area contributed by atoms with E-state index < -0.39 is 39.9 Å². The Kier molecular flexibility index (Phi) is 4.66. The molecule has 0 fully saturated rings. The lowest BCUT2D eigenvalue weighted by Crippen LogP contribution is -2.42. The second-order valence-corrected chi connectivity index (χ2v) is 3.78. The van der Waals surface area contributed by atoms with Gasteiger partial charge in [-0.1, -0.05) is 0 Å². The molecule has 0 unspecified atom stereocenters. The van der Waals surface area contributed by atoms with Crippen LogP contribution < -0.4 is 5.73 Å². The summed E-state index contributed by atoms with van der Waals surface area (Å²) in [6, 6.07) is -0.462. The number of hydrogen-bond donors (Lipinski definition) is 1. The van der Waals surface area contributed by atoms with Crippen molar-refractivity contribution in [3.8, 4) is 0 Å². The molecule has 1 atom stereocenters. The van der Waals surface area contributed by atoms with Gasteiger partial charge in [-0.15, -0.1) is 0 Å². The summed E-state index contributed by atoms with van der Waals surface area (Å²) in [4.78, 5) is 20.9. The summed E-state index contributed by atoms with van der Waals surface area (Å²) in [6.07, 6.45) is 0. The van der Waals surface area contributed by atoms with Gasteiger partial charge in [0.15, 0.2) is 0 Å². The number of esters is 1. The molecule has 1 rings (SSSR count). The molecule has 0 aromatic heterocycles. The number of rotatable bonds is 5. The van der Waals surface area contributed by atoms with E-state index in [1.807, 2.05) is 0 Å². The summed E-state index contributed by atoms with van der Waals surface area (Å²) in [5.41, 5.74) is 3.60. The van der Waals surface area contributed by atoms with Gasteiger partial charge >= 0.3 is 11.9 Å². The molecule has 20 heavy (non-hydrogen) atoms. The van der Waals surface area contributed by atoms with Gasteiger partial charge in [-0.25, -0.2) is 9.18 Å². The molecule has 0 aliphatic rings. The lowest BCUT2D eigenvalue weighted by Gasteiger charge is -2.21. The number of benzene rings is 1. The number of ether oxygens (including phenoxy) is 1. The molecule has 0 saturated carbocycles. The van der Waals surface area contributed by atoms with E-state index in [1.165, 1.54) is 6.92 Å². The summed E-state index contributed by atoms with van der Waals surface area (Å²) < 4.78 is 44.6. The highest BCUT2D eigenvalue weighted by atomic mass is 19.3. The maximum Gasteiger partial charge on any atom is 0.379 e. The van der Waals surface area contributed by atoms with Gasteiger partial charge in [0, 0.05) is 6.07 Å². The van der Waals surface area contributed by atoms with Crippen LogP contribution in [0.25, 0.3) is 0 Å². The van der Waals surface area contributed by atoms with Crippen LogP contribution in [0.5, 0.6) is 0 Å². The lowest BCUT2D eigenvalue weighted by molar-refractivity contribution is -0.386. The van der Waals surface area contributed by atoms with Crippen LogP contribution in [0.4, 0.5) is 18.9 Å². The fourth-order valence-electron chi connectivity index (χ4n) is 1.49. The molecule has 6 nitrogen and oxygen atoms in total. The van der Waals surface area contributed by atoms with E-state index in [0.29, 0.717) is 12.1 Å². The smallest absolute Gasteiger partial charge is 0.379 e. The van der Waals surface area contributed by atoms with Crippen LogP contribution in [-0.2, 0) is 9.53 Å². The molecule has 0 heterocycles. The number of hydrogen-bond acceptors (Lipinski definition) is 5. The quantitative estimate of drug-likeness (QED) is 0.508. The molecule has 1 aromatic carbocycles. The SMILES string of the molecule is CCOC(=O)C(F)(F)[C@@H](N)c1cc(F)ccc1[N+](=O)[O-]. The van der Waals surface area contributed by atoms with Crippen LogP contribution in [-0.4, -0.2) is 23.4 Å². The number of carbonyl (C=O) groups excluding carboxylic acids is 1. The number of nitro benzene ring substituents is 1. The molecule has 0 aliphatic carbocycles. The van der Waals surface area contributed by atoms with E-state index >= 15 is 0 Å². The first-order chi connectivity index (χ1) is 9.21. The van der Waals surface area contributed by atoms with Crippen molar-refractivity contribution >= 4 is 11.7 Å². The van der Waals surface area contributed by atoms with Crippen LogP contribution >= 0.6 is 0 Å². The lowest BCUT2D eigenvalue weighted by atomic mass is 9.99. The van der Waals surface area contributed by atoms with Crippen LogP contribution in [0.3, 0.4) is 0 Å². The number of nitrogens with two attached hydrogens (primary N) is 1. The van der Waals surface area contributed by atoms with Crippen molar-refractivity contribution in [1.29, 1.82) is 0 Å². The van der Waals surface area contributed by atoms with Gasteiger partial charge in [-0.2, -0.15) is 8.78 Å². The third kappa shape index (κ3) is 3.05. The highest BCUT2D eigenvalue weighted by molar-refractivity contribution is 5.79. The highest BCUT2D eigenvalue weighted by Crippen LogP contribution is 2.35. The monoisotopic (exact) mass is 292 g/mol. The molecule has 0 radical (unpaired) electrons. The number of carbonyl (C=O) groups is 1. The molecule has 1 aromatic rings. The van der Waals surface area contributed by atoms with Crippen molar-refractivity contribution in [3.05, 3.63) is 39.7 Å². The third-order valence-corrected chi connectivity index (χ3v) is 2.46. The van der Waals surface area contributed by atoms with Crippen molar-refractivity contribution in [2.45, 2.75) is 18.9 Å². The Balaban J connectivity index is 3.26. The maximum atomic E-state index is 13.7. The molecule has 2 N–H and O–H groups in total. The molecule has 0 bridgehead atoms. The first kappa shape index (κ1) is 15.9. The molecular formula is C11H11F3N2O4. The fraction of sp³-hybridized carbons (Fsp3) is 0.364. The van der Waals surface area contributed by atoms with E-state index in [1.54, 1.807) is 0 Å². The van der Waals surface area contributed by atoms with Gasteiger partial charge in [0.1, 0.15) is 11.9 Å². The second kappa shape index (κ2) is 5.87. The average Bonchev–Trinajstić information content (AvgIpc) is 2.37. The van der Waals surface area contributed by atoms with E-state index in [-0.39, 0.29) is 6.61 Å². The zero-order valence-electron chi connectivity index (χ0n) is 10.3. The Morgan fingerprint density at radius 3 is 2.65 bits per heavy atom. The fourth-order valence-corrected chi connectivity index (χ4v) is 1.49. The van der Waals surface area contributed by atoms with Gasteiger partial charge in [-0.05, 0) is 19.1 Å². The second-order valence-electron chi connectivity index (χ2n) is 3.78. The Hall–Kier alpha value is -2.16. The molecule has 9 heteroatoms. The minimum Gasteiger partial charge on any atom is -0.462 e. The Morgan fingerprint density at radius 2 is 2.15 bits per heavy atom. The molecule has 0 amide bonds. The Morgan fingerprint density at radius 1 is 1.55 bits per heavy atom. The maximum absolute atomic E-state index is 13.7. The number of alkyl halides is 2. The molecule has 0 saturated heterocycles. The van der Waals surface area contributed by atoms with Crippen LogP contribution in [0, 0.1) is 15.9 Å². The van der Waals surface area contributed by atoms with E-state index in [4.69, 9.17) is 5.73 Å². The van der Waals surface area contributed by atoms with Gasteiger partial charge < -0.3 is 10.5 Å². The molecular weight excluding hydrogens is 281 g/mol. The summed E-state index contributed by atoms with van der Waals surface area (Å²) in [7, 11) is 0. The van der Waals surface area contributed by atoms with Crippen molar-refractivity contribution in [2.75, 3.05) is 6.61 Å². The summed E-state index contributed by atoms with van der Waals surface area (Å²) in [5, 5.41) is 10.7. The summed E-state index contributed by atoms with van der Waals surface area (Å²) in [5.74, 6) is -7.12. The molecule has 0 aliphatic heterocycles. The van der Waals surface area contributed by atoms with Gasteiger partial charge in [0.25, 0.3) is 5.69 Å². The third-order valence-electron chi connectivity index (χ3n) is 2.46. The number of halogens is 3. The number of nitrogens with zero attached hydrogens (tertiary/aromatic N) is 1. The summed E-state index contributed by atoms with van der Waals surface area (Å²) >= 11 is 0.